The molecule has 0 saturated carbocycles. The molecule has 0 bridgehead atoms. The van der Waals surface area contributed by atoms with E-state index in [0.717, 1.165) is 25.2 Å². The van der Waals surface area contributed by atoms with E-state index in [2.05, 4.69) is 4.98 Å². The Kier molecular flexibility index (Phi) is 2.57. The Hall–Kier alpha value is -0.930. The standard InChI is InChI=1S/C10H14N2O/c11-10(9-3-5-13-7-9)8-2-1-4-12-6-8/h1-2,4,6,9-10H,3,5,7,11H2. The number of ether oxygens (including phenoxy) is 1. The molecule has 70 valence electrons. The quantitative estimate of drug-likeness (QED) is 0.738. The smallest absolute Gasteiger partial charge is 0.0513 e. The van der Waals surface area contributed by atoms with E-state index >= 15 is 0 Å². The molecule has 2 N–H and O–H groups in total. The van der Waals surface area contributed by atoms with Crippen molar-refractivity contribution in [3.05, 3.63) is 30.1 Å². The number of hydrogen-bond acceptors (Lipinski definition) is 3. The first-order valence-corrected chi connectivity index (χ1v) is 4.61. The fraction of sp³-hybridized carbons (Fsp3) is 0.500. The maximum Gasteiger partial charge on any atom is 0.0513 e. The van der Waals surface area contributed by atoms with E-state index in [1.54, 1.807) is 6.20 Å². The second-order valence-corrected chi connectivity index (χ2v) is 3.44. The average molecular weight is 178 g/mol. The number of nitrogens with two attached hydrogens (primary N) is 1. The molecule has 2 unspecified atom stereocenters. The van der Waals surface area contributed by atoms with Crippen LogP contribution in [0.5, 0.6) is 0 Å². The molecule has 1 aliphatic heterocycles. The highest BCUT2D eigenvalue weighted by Crippen LogP contribution is 2.25. The average Bonchev–Trinajstić information content (AvgIpc) is 2.71. The van der Waals surface area contributed by atoms with E-state index in [-0.39, 0.29) is 6.04 Å². The summed E-state index contributed by atoms with van der Waals surface area (Å²) >= 11 is 0. The van der Waals surface area contributed by atoms with Gasteiger partial charge in [-0.05, 0) is 18.1 Å². The van der Waals surface area contributed by atoms with Crippen molar-refractivity contribution >= 4 is 0 Å². The Bertz CT molecular complexity index is 257. The van der Waals surface area contributed by atoms with Crippen LogP contribution in [-0.2, 0) is 4.74 Å². The van der Waals surface area contributed by atoms with Gasteiger partial charge in [-0.25, -0.2) is 0 Å². The molecule has 2 heterocycles. The van der Waals surface area contributed by atoms with E-state index in [0.29, 0.717) is 5.92 Å². The number of aromatic nitrogens is 1. The third-order valence-electron chi connectivity index (χ3n) is 2.54. The van der Waals surface area contributed by atoms with E-state index in [4.69, 9.17) is 10.5 Å². The van der Waals surface area contributed by atoms with Gasteiger partial charge in [-0.2, -0.15) is 0 Å². The summed E-state index contributed by atoms with van der Waals surface area (Å²) in [6.07, 6.45) is 4.67. The summed E-state index contributed by atoms with van der Waals surface area (Å²) in [5.41, 5.74) is 7.19. The third kappa shape index (κ3) is 1.87. The van der Waals surface area contributed by atoms with E-state index in [1.807, 2.05) is 18.3 Å². The summed E-state index contributed by atoms with van der Waals surface area (Å²) in [7, 11) is 0. The van der Waals surface area contributed by atoms with Crippen molar-refractivity contribution in [3.8, 4) is 0 Å². The molecule has 1 fully saturated rings. The molecular formula is C10H14N2O. The molecule has 2 atom stereocenters. The Morgan fingerprint density at radius 2 is 2.54 bits per heavy atom. The van der Waals surface area contributed by atoms with Gasteiger partial charge in [0.25, 0.3) is 0 Å². The first-order valence-electron chi connectivity index (χ1n) is 4.61. The Morgan fingerprint density at radius 3 is 3.15 bits per heavy atom. The molecule has 13 heavy (non-hydrogen) atoms. The summed E-state index contributed by atoms with van der Waals surface area (Å²) in [5, 5.41) is 0. The molecule has 0 aliphatic carbocycles. The zero-order chi connectivity index (χ0) is 9.10. The van der Waals surface area contributed by atoms with Gasteiger partial charge in [0.15, 0.2) is 0 Å². The van der Waals surface area contributed by atoms with Crippen molar-refractivity contribution in [3.63, 3.8) is 0 Å². The maximum atomic E-state index is 6.08. The summed E-state index contributed by atoms with van der Waals surface area (Å²) in [6, 6.07) is 4.03. The summed E-state index contributed by atoms with van der Waals surface area (Å²) in [6.45, 7) is 1.63. The molecule has 0 radical (unpaired) electrons. The maximum absolute atomic E-state index is 6.08. The zero-order valence-corrected chi connectivity index (χ0v) is 7.52. The monoisotopic (exact) mass is 178 g/mol. The van der Waals surface area contributed by atoms with Crippen LogP contribution < -0.4 is 5.73 Å². The number of rotatable bonds is 2. The molecular weight excluding hydrogens is 164 g/mol. The highest BCUT2D eigenvalue weighted by atomic mass is 16.5. The lowest BCUT2D eigenvalue weighted by Crippen LogP contribution is -2.21. The molecule has 0 aromatic carbocycles. The second-order valence-electron chi connectivity index (χ2n) is 3.44. The first kappa shape index (κ1) is 8.66. The van der Waals surface area contributed by atoms with Crippen LogP contribution in [0.3, 0.4) is 0 Å². The molecule has 1 saturated heterocycles. The molecule has 3 nitrogen and oxygen atoms in total. The van der Waals surface area contributed by atoms with Gasteiger partial charge in [0.05, 0.1) is 6.61 Å². The van der Waals surface area contributed by atoms with Crippen molar-refractivity contribution < 1.29 is 4.74 Å². The number of hydrogen-bond donors (Lipinski definition) is 1. The minimum Gasteiger partial charge on any atom is -0.381 e. The van der Waals surface area contributed by atoms with Crippen molar-refractivity contribution in [1.82, 2.24) is 4.98 Å². The fourth-order valence-electron chi connectivity index (χ4n) is 1.68. The van der Waals surface area contributed by atoms with Gasteiger partial charge >= 0.3 is 0 Å². The fourth-order valence-corrected chi connectivity index (χ4v) is 1.68. The zero-order valence-electron chi connectivity index (χ0n) is 7.52. The summed E-state index contributed by atoms with van der Waals surface area (Å²) in [5.74, 6) is 0.462. The predicted molar refractivity (Wildman–Crippen MR) is 50.1 cm³/mol. The summed E-state index contributed by atoms with van der Waals surface area (Å²) in [4.78, 5) is 4.06. The highest BCUT2D eigenvalue weighted by Gasteiger charge is 2.23. The van der Waals surface area contributed by atoms with Crippen molar-refractivity contribution in [2.45, 2.75) is 12.5 Å². The van der Waals surface area contributed by atoms with Gasteiger partial charge in [0.2, 0.25) is 0 Å². The van der Waals surface area contributed by atoms with Crippen LogP contribution in [0, 0.1) is 5.92 Å². The van der Waals surface area contributed by atoms with Crippen LogP contribution in [0.2, 0.25) is 0 Å². The van der Waals surface area contributed by atoms with Gasteiger partial charge < -0.3 is 10.5 Å². The van der Waals surface area contributed by atoms with E-state index < -0.39 is 0 Å². The highest BCUT2D eigenvalue weighted by molar-refractivity contribution is 5.14. The first-order chi connectivity index (χ1) is 6.38. The van der Waals surface area contributed by atoms with Crippen LogP contribution in [-0.4, -0.2) is 18.2 Å². The van der Waals surface area contributed by atoms with Crippen molar-refractivity contribution in [1.29, 1.82) is 0 Å². The lowest BCUT2D eigenvalue weighted by molar-refractivity contribution is 0.181. The molecule has 0 spiro atoms. The lowest BCUT2D eigenvalue weighted by atomic mass is 9.94. The number of pyridine rings is 1. The van der Waals surface area contributed by atoms with Crippen LogP contribution in [0.1, 0.15) is 18.0 Å². The second kappa shape index (κ2) is 3.85. The minimum absolute atomic E-state index is 0.0798. The number of nitrogens with zero attached hydrogens (tertiary/aromatic N) is 1. The van der Waals surface area contributed by atoms with Crippen LogP contribution in [0.4, 0.5) is 0 Å². The third-order valence-corrected chi connectivity index (χ3v) is 2.54. The van der Waals surface area contributed by atoms with Gasteiger partial charge in [-0.15, -0.1) is 0 Å². The SMILES string of the molecule is NC(c1cccnc1)C1CCOC1. The molecule has 1 aromatic heterocycles. The Morgan fingerprint density at radius 1 is 1.62 bits per heavy atom. The molecule has 1 aliphatic rings. The summed E-state index contributed by atoms with van der Waals surface area (Å²) < 4.78 is 5.30. The van der Waals surface area contributed by atoms with Crippen molar-refractivity contribution in [2.24, 2.45) is 11.7 Å². The normalized spacial score (nSPS) is 24.5. The van der Waals surface area contributed by atoms with E-state index in [1.165, 1.54) is 0 Å². The van der Waals surface area contributed by atoms with Gasteiger partial charge in [0.1, 0.15) is 0 Å². The van der Waals surface area contributed by atoms with Crippen LogP contribution >= 0.6 is 0 Å². The van der Waals surface area contributed by atoms with Gasteiger partial charge in [-0.3, -0.25) is 4.98 Å². The topological polar surface area (TPSA) is 48.1 Å². The lowest BCUT2D eigenvalue weighted by Gasteiger charge is -2.16. The largest absolute Gasteiger partial charge is 0.381 e. The molecule has 1 aromatic rings. The van der Waals surface area contributed by atoms with Crippen LogP contribution in [0.25, 0.3) is 0 Å². The molecule has 0 amide bonds. The van der Waals surface area contributed by atoms with Crippen molar-refractivity contribution in [2.75, 3.05) is 13.2 Å². The molecule has 2 rings (SSSR count). The molecule has 3 heteroatoms. The van der Waals surface area contributed by atoms with Gasteiger partial charge in [-0.1, -0.05) is 6.07 Å². The Balaban J connectivity index is 2.08. The van der Waals surface area contributed by atoms with Crippen LogP contribution in [0.15, 0.2) is 24.5 Å². The Labute approximate surface area is 77.9 Å². The van der Waals surface area contributed by atoms with E-state index in [9.17, 15) is 0 Å². The predicted octanol–water partition coefficient (Wildman–Crippen LogP) is 1.12. The minimum atomic E-state index is 0.0798. The van der Waals surface area contributed by atoms with Gasteiger partial charge in [0, 0.05) is 31.0 Å².